The third-order valence-corrected chi connectivity index (χ3v) is 6.42. The van der Waals surface area contributed by atoms with Gasteiger partial charge in [0, 0.05) is 23.8 Å². The average Bonchev–Trinajstić information content (AvgIpc) is 3.49. The van der Waals surface area contributed by atoms with E-state index in [0.717, 1.165) is 48.6 Å². The van der Waals surface area contributed by atoms with Crippen LogP contribution in [0.4, 0.5) is 0 Å². The molecular formula is C24H24N2O2S. The lowest BCUT2D eigenvalue weighted by atomic mass is 10.1. The van der Waals surface area contributed by atoms with Crippen LogP contribution in [0, 0.1) is 0 Å². The smallest absolute Gasteiger partial charge is 0.116 e. The minimum Gasteiger partial charge on any atom is -0.468 e. The quantitative estimate of drug-likeness (QED) is 0.304. The molecule has 0 amide bonds. The van der Waals surface area contributed by atoms with Gasteiger partial charge in [-0.05, 0) is 74.2 Å². The molecule has 0 aliphatic carbocycles. The highest BCUT2D eigenvalue weighted by molar-refractivity contribution is 7.99. The maximum absolute atomic E-state index is 5.78. The van der Waals surface area contributed by atoms with Crippen LogP contribution in [0.25, 0.3) is 0 Å². The molecule has 0 aliphatic rings. The van der Waals surface area contributed by atoms with Crippen LogP contribution in [0.15, 0.2) is 94.4 Å². The van der Waals surface area contributed by atoms with E-state index in [9.17, 15) is 0 Å². The summed E-state index contributed by atoms with van der Waals surface area (Å²) < 4.78 is 11.6. The van der Waals surface area contributed by atoms with Crippen LogP contribution in [-0.4, -0.2) is 9.97 Å². The van der Waals surface area contributed by atoms with Gasteiger partial charge in [-0.1, -0.05) is 12.1 Å². The molecule has 0 saturated carbocycles. The Morgan fingerprint density at radius 2 is 1.17 bits per heavy atom. The van der Waals surface area contributed by atoms with Crippen molar-refractivity contribution in [1.82, 2.24) is 9.97 Å². The van der Waals surface area contributed by atoms with E-state index >= 15 is 0 Å². The molecule has 148 valence electrons. The van der Waals surface area contributed by atoms with Gasteiger partial charge in [0.15, 0.2) is 0 Å². The van der Waals surface area contributed by atoms with Gasteiger partial charge in [-0.15, -0.1) is 11.8 Å². The van der Waals surface area contributed by atoms with Crippen molar-refractivity contribution in [2.45, 2.75) is 36.2 Å². The largest absolute Gasteiger partial charge is 0.468 e. The van der Waals surface area contributed by atoms with Crippen LogP contribution < -0.4 is 0 Å². The second kappa shape index (κ2) is 10.1. The Kier molecular flexibility index (Phi) is 6.81. The molecule has 0 radical (unpaired) electrons. The van der Waals surface area contributed by atoms with Crippen molar-refractivity contribution in [3.63, 3.8) is 0 Å². The number of aryl methyl sites for hydroxylation is 2. The number of rotatable bonds is 10. The van der Waals surface area contributed by atoms with Gasteiger partial charge >= 0.3 is 0 Å². The van der Waals surface area contributed by atoms with Gasteiger partial charge in [-0.2, -0.15) is 0 Å². The summed E-state index contributed by atoms with van der Waals surface area (Å²) in [5.41, 5.74) is 2.21. The molecule has 0 aliphatic heterocycles. The summed E-state index contributed by atoms with van der Waals surface area (Å²) in [5.74, 6) is 2.00. The third kappa shape index (κ3) is 5.61. The third-order valence-electron chi connectivity index (χ3n) is 4.83. The Hall–Kier alpha value is -2.79. The summed E-state index contributed by atoms with van der Waals surface area (Å²) in [7, 11) is 0. The predicted octanol–water partition coefficient (Wildman–Crippen LogP) is 6.44. The van der Waals surface area contributed by atoms with Gasteiger partial charge in [0.1, 0.15) is 11.5 Å². The summed E-state index contributed by atoms with van der Waals surface area (Å²) in [6.07, 6.45) is 10.9. The Labute approximate surface area is 175 Å². The van der Waals surface area contributed by atoms with Crippen LogP contribution in [-0.2, 0) is 12.8 Å². The maximum atomic E-state index is 5.78. The van der Waals surface area contributed by atoms with Gasteiger partial charge in [0.05, 0.1) is 23.0 Å². The molecule has 0 bridgehead atoms. The lowest BCUT2D eigenvalue weighted by molar-refractivity contribution is 0.486. The fourth-order valence-corrected chi connectivity index (χ4v) is 4.79. The van der Waals surface area contributed by atoms with E-state index in [1.807, 2.05) is 60.6 Å². The molecule has 0 spiro atoms. The first-order valence-corrected chi connectivity index (χ1v) is 10.8. The molecule has 0 saturated heterocycles. The van der Waals surface area contributed by atoms with E-state index in [2.05, 4.69) is 34.2 Å². The summed E-state index contributed by atoms with van der Waals surface area (Å²) >= 11 is 1.90. The highest BCUT2D eigenvalue weighted by atomic mass is 32.2. The average molecular weight is 405 g/mol. The van der Waals surface area contributed by atoms with Gasteiger partial charge in [0.2, 0.25) is 0 Å². The topological polar surface area (TPSA) is 52.1 Å². The lowest BCUT2D eigenvalue weighted by Crippen LogP contribution is -2.03. The normalized spacial score (nSPS) is 13.2. The molecule has 29 heavy (non-hydrogen) atoms. The molecule has 4 aromatic rings. The predicted molar refractivity (Wildman–Crippen MR) is 116 cm³/mol. The summed E-state index contributed by atoms with van der Waals surface area (Å²) in [6, 6.07) is 20.2. The molecule has 5 heteroatoms. The summed E-state index contributed by atoms with van der Waals surface area (Å²) in [5, 5.41) is 0.455. The van der Waals surface area contributed by atoms with E-state index in [1.165, 1.54) is 0 Å². The lowest BCUT2D eigenvalue weighted by Gasteiger charge is -2.21. The second-order valence-electron chi connectivity index (χ2n) is 6.86. The zero-order valence-corrected chi connectivity index (χ0v) is 17.0. The first-order chi connectivity index (χ1) is 14.4. The van der Waals surface area contributed by atoms with E-state index in [-0.39, 0.29) is 10.5 Å². The second-order valence-corrected chi connectivity index (χ2v) is 8.27. The van der Waals surface area contributed by atoms with Crippen LogP contribution in [0.2, 0.25) is 0 Å². The maximum Gasteiger partial charge on any atom is 0.116 e. The van der Waals surface area contributed by atoms with Crippen molar-refractivity contribution in [1.29, 1.82) is 0 Å². The molecule has 2 unspecified atom stereocenters. The fourth-order valence-electron chi connectivity index (χ4n) is 3.35. The number of aromatic nitrogens is 2. The van der Waals surface area contributed by atoms with Crippen molar-refractivity contribution in [3.8, 4) is 0 Å². The highest BCUT2D eigenvalue weighted by Gasteiger charge is 2.24. The van der Waals surface area contributed by atoms with Gasteiger partial charge in [-0.25, -0.2) is 0 Å². The van der Waals surface area contributed by atoms with E-state index in [4.69, 9.17) is 8.83 Å². The van der Waals surface area contributed by atoms with Crippen molar-refractivity contribution in [3.05, 3.63) is 108 Å². The molecule has 2 atom stereocenters. The van der Waals surface area contributed by atoms with Crippen molar-refractivity contribution < 1.29 is 8.83 Å². The Balaban J connectivity index is 1.48. The van der Waals surface area contributed by atoms with Gasteiger partial charge in [-0.3, -0.25) is 9.97 Å². The SMILES string of the molecule is c1ccc(CCC(SC(CCc2ccccn2)c2ccco2)c2ccco2)nc1. The Morgan fingerprint density at radius 1 is 0.655 bits per heavy atom. The minimum atomic E-state index is 0.228. The number of pyridine rings is 2. The Bertz CT molecular complexity index is 862. The van der Waals surface area contributed by atoms with Gasteiger partial charge in [0.25, 0.3) is 0 Å². The van der Waals surface area contributed by atoms with Crippen molar-refractivity contribution >= 4 is 11.8 Å². The standard InChI is InChI=1S/C24H24N2O2S/c1-3-15-25-19(7-1)11-13-23(21-9-5-17-27-21)29-24(22-10-6-18-28-22)14-12-20-8-2-4-16-26-20/h1-10,15-18,23-24H,11-14H2. The zero-order valence-electron chi connectivity index (χ0n) is 16.2. The van der Waals surface area contributed by atoms with E-state index in [1.54, 1.807) is 12.5 Å². The molecule has 4 nitrogen and oxygen atoms in total. The van der Waals surface area contributed by atoms with Crippen LogP contribution in [0.5, 0.6) is 0 Å². The first-order valence-electron chi connectivity index (χ1n) is 9.90. The van der Waals surface area contributed by atoms with E-state index in [0.29, 0.717) is 0 Å². The van der Waals surface area contributed by atoms with Crippen molar-refractivity contribution in [2.75, 3.05) is 0 Å². The molecule has 4 heterocycles. The van der Waals surface area contributed by atoms with Crippen molar-refractivity contribution in [2.24, 2.45) is 0 Å². The van der Waals surface area contributed by atoms with Crippen LogP contribution in [0.3, 0.4) is 0 Å². The summed E-state index contributed by atoms with van der Waals surface area (Å²) in [6.45, 7) is 0. The zero-order chi connectivity index (χ0) is 19.7. The molecular weight excluding hydrogens is 380 g/mol. The highest BCUT2D eigenvalue weighted by Crippen LogP contribution is 2.45. The van der Waals surface area contributed by atoms with E-state index < -0.39 is 0 Å². The Morgan fingerprint density at radius 3 is 1.55 bits per heavy atom. The number of thioether (sulfide) groups is 1. The number of hydrogen-bond acceptors (Lipinski definition) is 5. The number of hydrogen-bond donors (Lipinski definition) is 0. The monoisotopic (exact) mass is 404 g/mol. The van der Waals surface area contributed by atoms with Crippen LogP contribution >= 0.6 is 11.8 Å². The molecule has 4 rings (SSSR count). The first kappa shape index (κ1) is 19.5. The molecule has 0 aromatic carbocycles. The molecule has 0 N–H and O–H groups in total. The summed E-state index contributed by atoms with van der Waals surface area (Å²) in [4.78, 5) is 8.94. The van der Waals surface area contributed by atoms with Crippen LogP contribution in [0.1, 0.15) is 46.2 Å². The number of nitrogens with zero attached hydrogens (tertiary/aromatic N) is 2. The van der Waals surface area contributed by atoms with Gasteiger partial charge < -0.3 is 8.83 Å². The minimum absolute atomic E-state index is 0.228. The number of furan rings is 2. The molecule has 0 fully saturated rings. The fraction of sp³-hybridized carbons (Fsp3) is 0.250. The molecule has 4 aromatic heterocycles.